The number of rotatable bonds is 9. The van der Waals surface area contributed by atoms with Gasteiger partial charge >= 0.3 is 5.97 Å². The summed E-state index contributed by atoms with van der Waals surface area (Å²) in [5.74, 6) is -1.09. The SMILES string of the molecule is CCCc1ccc(C(=O)CCC(=O)OCC(=O)Nc2cccc(C)c2)cc1. The minimum Gasteiger partial charge on any atom is -0.456 e. The smallest absolute Gasteiger partial charge is 0.306 e. The van der Waals surface area contributed by atoms with Crippen molar-refractivity contribution in [1.82, 2.24) is 0 Å². The van der Waals surface area contributed by atoms with Crippen molar-refractivity contribution in [2.75, 3.05) is 11.9 Å². The summed E-state index contributed by atoms with van der Waals surface area (Å²) >= 11 is 0. The summed E-state index contributed by atoms with van der Waals surface area (Å²) in [6.07, 6.45) is 2.04. The van der Waals surface area contributed by atoms with Crippen molar-refractivity contribution in [3.63, 3.8) is 0 Å². The molecule has 1 amide bonds. The summed E-state index contributed by atoms with van der Waals surface area (Å²) in [7, 11) is 0. The molecule has 0 unspecified atom stereocenters. The van der Waals surface area contributed by atoms with E-state index in [1.165, 1.54) is 5.56 Å². The Balaban J connectivity index is 1.72. The van der Waals surface area contributed by atoms with Gasteiger partial charge in [-0.1, -0.05) is 49.7 Å². The largest absolute Gasteiger partial charge is 0.456 e. The molecule has 2 aromatic rings. The third-order valence-electron chi connectivity index (χ3n) is 4.04. The number of carbonyl (C=O) groups is 3. The summed E-state index contributed by atoms with van der Waals surface area (Å²) in [6.45, 7) is 3.66. The van der Waals surface area contributed by atoms with Crippen LogP contribution in [0.4, 0.5) is 5.69 Å². The number of ether oxygens (including phenoxy) is 1. The maximum Gasteiger partial charge on any atom is 0.306 e. The van der Waals surface area contributed by atoms with Gasteiger partial charge in [0.1, 0.15) is 0 Å². The second-order valence-electron chi connectivity index (χ2n) is 6.45. The molecular formula is C22H25NO4. The summed E-state index contributed by atoms with van der Waals surface area (Å²) in [5.41, 5.74) is 3.44. The minimum atomic E-state index is -0.564. The molecule has 0 saturated carbocycles. The van der Waals surface area contributed by atoms with Gasteiger partial charge in [-0.15, -0.1) is 0 Å². The van der Waals surface area contributed by atoms with E-state index >= 15 is 0 Å². The molecule has 0 aromatic heterocycles. The number of aryl methyl sites for hydroxylation is 2. The van der Waals surface area contributed by atoms with Crippen LogP contribution in [-0.2, 0) is 20.7 Å². The molecule has 0 aliphatic rings. The number of ketones is 1. The number of nitrogens with one attached hydrogen (secondary N) is 1. The van der Waals surface area contributed by atoms with Gasteiger partial charge < -0.3 is 10.1 Å². The van der Waals surface area contributed by atoms with Gasteiger partial charge in [0, 0.05) is 17.7 Å². The molecule has 0 bridgehead atoms. The maximum absolute atomic E-state index is 12.1. The van der Waals surface area contributed by atoms with Crippen LogP contribution in [0.3, 0.4) is 0 Å². The molecule has 0 heterocycles. The fourth-order valence-electron chi connectivity index (χ4n) is 2.64. The first-order chi connectivity index (χ1) is 13.0. The van der Waals surface area contributed by atoms with E-state index in [9.17, 15) is 14.4 Å². The lowest BCUT2D eigenvalue weighted by Crippen LogP contribution is -2.21. The summed E-state index contributed by atoms with van der Waals surface area (Å²) in [6, 6.07) is 14.8. The molecule has 142 valence electrons. The van der Waals surface area contributed by atoms with Gasteiger partial charge in [0.05, 0.1) is 6.42 Å². The first kappa shape index (κ1) is 20.4. The minimum absolute atomic E-state index is 0.0483. The average molecular weight is 367 g/mol. The predicted molar refractivity (Wildman–Crippen MR) is 105 cm³/mol. The van der Waals surface area contributed by atoms with Crippen molar-refractivity contribution >= 4 is 23.3 Å². The Morgan fingerprint density at radius 1 is 1.00 bits per heavy atom. The van der Waals surface area contributed by atoms with Gasteiger partial charge in [-0.3, -0.25) is 14.4 Å². The van der Waals surface area contributed by atoms with Crippen molar-refractivity contribution in [1.29, 1.82) is 0 Å². The lowest BCUT2D eigenvalue weighted by molar-refractivity contribution is -0.147. The Bertz CT molecular complexity index is 796. The van der Waals surface area contributed by atoms with Gasteiger partial charge in [-0.25, -0.2) is 0 Å². The number of esters is 1. The summed E-state index contributed by atoms with van der Waals surface area (Å²) in [5, 5.41) is 2.66. The molecule has 0 aliphatic heterocycles. The molecule has 0 spiro atoms. The van der Waals surface area contributed by atoms with Crippen molar-refractivity contribution < 1.29 is 19.1 Å². The molecule has 2 aromatic carbocycles. The van der Waals surface area contributed by atoms with E-state index in [1.807, 2.05) is 37.3 Å². The highest BCUT2D eigenvalue weighted by atomic mass is 16.5. The fourth-order valence-corrected chi connectivity index (χ4v) is 2.64. The number of Topliss-reactive ketones (excluding diaryl/α,β-unsaturated/α-hetero) is 1. The Hall–Kier alpha value is -2.95. The molecule has 27 heavy (non-hydrogen) atoms. The Labute approximate surface area is 159 Å². The number of benzene rings is 2. The third-order valence-corrected chi connectivity index (χ3v) is 4.04. The number of anilines is 1. The van der Waals surface area contributed by atoms with Crippen LogP contribution in [0.15, 0.2) is 48.5 Å². The average Bonchev–Trinajstić information content (AvgIpc) is 2.65. The van der Waals surface area contributed by atoms with E-state index in [2.05, 4.69) is 12.2 Å². The van der Waals surface area contributed by atoms with Crippen molar-refractivity contribution in [2.45, 2.75) is 39.5 Å². The highest BCUT2D eigenvalue weighted by Gasteiger charge is 2.12. The van der Waals surface area contributed by atoms with Crippen molar-refractivity contribution in [2.24, 2.45) is 0 Å². The van der Waals surface area contributed by atoms with Crippen LogP contribution in [0.2, 0.25) is 0 Å². The summed E-state index contributed by atoms with van der Waals surface area (Å²) in [4.78, 5) is 35.7. The molecule has 5 heteroatoms. The van der Waals surface area contributed by atoms with Gasteiger partial charge in [-0.2, -0.15) is 0 Å². The van der Waals surface area contributed by atoms with Gasteiger partial charge in [0.2, 0.25) is 0 Å². The molecule has 0 saturated heterocycles. The van der Waals surface area contributed by atoms with Crippen LogP contribution in [0.5, 0.6) is 0 Å². The third kappa shape index (κ3) is 7.05. The molecule has 0 fully saturated rings. The van der Waals surface area contributed by atoms with Crippen molar-refractivity contribution in [3.05, 3.63) is 65.2 Å². The van der Waals surface area contributed by atoms with E-state index in [0.717, 1.165) is 18.4 Å². The van der Waals surface area contributed by atoms with Crippen LogP contribution in [-0.4, -0.2) is 24.3 Å². The van der Waals surface area contributed by atoms with E-state index in [4.69, 9.17) is 4.74 Å². The van der Waals surface area contributed by atoms with Gasteiger partial charge in [-0.05, 0) is 36.6 Å². The van der Waals surface area contributed by atoms with Crippen LogP contribution >= 0.6 is 0 Å². The number of hydrogen-bond donors (Lipinski definition) is 1. The number of carbonyl (C=O) groups excluding carboxylic acids is 3. The normalized spacial score (nSPS) is 10.3. The maximum atomic E-state index is 12.1. The van der Waals surface area contributed by atoms with E-state index in [1.54, 1.807) is 18.2 Å². The lowest BCUT2D eigenvalue weighted by Gasteiger charge is -2.07. The van der Waals surface area contributed by atoms with E-state index in [-0.39, 0.29) is 25.2 Å². The highest BCUT2D eigenvalue weighted by Crippen LogP contribution is 2.11. The first-order valence-electron chi connectivity index (χ1n) is 9.12. The van der Waals surface area contributed by atoms with E-state index < -0.39 is 11.9 Å². The monoisotopic (exact) mass is 367 g/mol. The molecule has 5 nitrogen and oxygen atoms in total. The van der Waals surface area contributed by atoms with Crippen LogP contribution in [0, 0.1) is 6.92 Å². The first-order valence-corrected chi connectivity index (χ1v) is 9.12. The lowest BCUT2D eigenvalue weighted by atomic mass is 10.0. The second kappa shape index (κ2) is 10.3. The van der Waals surface area contributed by atoms with Crippen LogP contribution < -0.4 is 5.32 Å². The Morgan fingerprint density at radius 2 is 1.74 bits per heavy atom. The summed E-state index contributed by atoms with van der Waals surface area (Å²) < 4.78 is 4.94. The number of hydrogen-bond acceptors (Lipinski definition) is 4. The highest BCUT2D eigenvalue weighted by molar-refractivity contribution is 5.98. The quantitative estimate of drug-likeness (QED) is 0.535. The fraction of sp³-hybridized carbons (Fsp3) is 0.318. The molecular weight excluding hydrogens is 342 g/mol. The second-order valence-corrected chi connectivity index (χ2v) is 6.45. The molecule has 2 rings (SSSR count). The zero-order valence-electron chi connectivity index (χ0n) is 15.8. The van der Waals surface area contributed by atoms with Gasteiger partial charge in [0.15, 0.2) is 12.4 Å². The molecule has 0 radical (unpaired) electrons. The molecule has 0 atom stereocenters. The zero-order valence-corrected chi connectivity index (χ0v) is 15.8. The zero-order chi connectivity index (χ0) is 19.6. The standard InChI is InChI=1S/C22H25NO4/c1-3-5-17-8-10-18(11-9-17)20(24)12-13-22(26)27-15-21(25)23-19-7-4-6-16(2)14-19/h4,6-11,14H,3,5,12-13,15H2,1-2H3,(H,23,25). The van der Waals surface area contributed by atoms with Crippen LogP contribution in [0.25, 0.3) is 0 Å². The van der Waals surface area contributed by atoms with E-state index in [0.29, 0.717) is 11.3 Å². The van der Waals surface area contributed by atoms with Crippen molar-refractivity contribution in [3.8, 4) is 0 Å². The topological polar surface area (TPSA) is 72.5 Å². The molecule has 0 aliphatic carbocycles. The number of amides is 1. The predicted octanol–water partition coefficient (Wildman–Crippen LogP) is 4.09. The molecule has 1 N–H and O–H groups in total. The van der Waals surface area contributed by atoms with Crippen LogP contribution in [0.1, 0.15) is 47.7 Å². The van der Waals surface area contributed by atoms with Gasteiger partial charge in [0.25, 0.3) is 5.91 Å². The Morgan fingerprint density at radius 3 is 2.41 bits per heavy atom. The Kier molecular flexibility index (Phi) is 7.74.